The van der Waals surface area contributed by atoms with Crippen molar-refractivity contribution in [1.82, 2.24) is 10.2 Å². The second-order valence-electron chi connectivity index (χ2n) is 5.75. The third-order valence-corrected chi connectivity index (χ3v) is 4.34. The fourth-order valence-corrected chi connectivity index (χ4v) is 3.38. The Kier molecular flexibility index (Phi) is 4.66. The lowest BCUT2D eigenvalue weighted by atomic mass is 9.80. The zero-order chi connectivity index (χ0) is 11.3. The number of hydrogen-bond acceptors (Lipinski definition) is 2. The van der Waals surface area contributed by atoms with Crippen LogP contribution in [-0.2, 0) is 0 Å². The number of nitrogens with zero attached hydrogens (tertiary/aromatic N) is 1. The smallest absolute Gasteiger partial charge is 0.0309 e. The molecule has 1 N–H and O–H groups in total. The van der Waals surface area contributed by atoms with Crippen LogP contribution in [0, 0.1) is 0 Å². The zero-order valence-corrected chi connectivity index (χ0v) is 10.9. The molecule has 0 atom stereocenters. The Balaban J connectivity index is 1.78. The van der Waals surface area contributed by atoms with Crippen molar-refractivity contribution in [1.29, 1.82) is 0 Å². The molecule has 1 aliphatic carbocycles. The van der Waals surface area contributed by atoms with Crippen LogP contribution in [0.15, 0.2) is 0 Å². The molecule has 2 fully saturated rings. The van der Waals surface area contributed by atoms with Gasteiger partial charge in [-0.05, 0) is 25.8 Å². The van der Waals surface area contributed by atoms with E-state index in [-0.39, 0.29) is 0 Å². The van der Waals surface area contributed by atoms with Gasteiger partial charge in [-0.1, -0.05) is 39.0 Å². The fourth-order valence-electron chi connectivity index (χ4n) is 3.38. The number of piperazine rings is 1. The standard InChI is InChI=1S/C14H28N2/c1-2-3-7-11-16-12-10-15-14(13-16)8-5-4-6-9-14/h15H,2-13H2,1H3. The first-order valence-electron chi connectivity index (χ1n) is 7.32. The van der Waals surface area contributed by atoms with Gasteiger partial charge in [0.1, 0.15) is 0 Å². The predicted molar refractivity (Wildman–Crippen MR) is 69.8 cm³/mol. The molecule has 2 nitrogen and oxygen atoms in total. The Morgan fingerprint density at radius 3 is 2.69 bits per heavy atom. The van der Waals surface area contributed by atoms with E-state index in [0.717, 1.165) is 0 Å². The van der Waals surface area contributed by atoms with Crippen LogP contribution < -0.4 is 5.32 Å². The SMILES string of the molecule is CCCCCN1CCNC2(CCCCC2)C1. The minimum absolute atomic E-state index is 0.503. The summed E-state index contributed by atoms with van der Waals surface area (Å²) >= 11 is 0. The number of rotatable bonds is 4. The lowest BCUT2D eigenvalue weighted by Crippen LogP contribution is -2.61. The quantitative estimate of drug-likeness (QED) is 0.739. The van der Waals surface area contributed by atoms with Crippen LogP contribution in [0.2, 0.25) is 0 Å². The Labute approximate surface area is 101 Å². The summed E-state index contributed by atoms with van der Waals surface area (Å²) in [6, 6.07) is 0. The minimum Gasteiger partial charge on any atom is -0.309 e. The highest BCUT2D eigenvalue weighted by Crippen LogP contribution is 2.30. The van der Waals surface area contributed by atoms with Crippen molar-refractivity contribution in [3.63, 3.8) is 0 Å². The van der Waals surface area contributed by atoms with Crippen LogP contribution in [-0.4, -0.2) is 36.6 Å². The van der Waals surface area contributed by atoms with Crippen molar-refractivity contribution in [3.8, 4) is 0 Å². The molecule has 1 spiro atoms. The Hall–Kier alpha value is -0.0800. The molecular weight excluding hydrogens is 196 g/mol. The minimum atomic E-state index is 0.503. The average Bonchev–Trinajstić information content (AvgIpc) is 2.31. The van der Waals surface area contributed by atoms with Gasteiger partial charge in [-0.2, -0.15) is 0 Å². The van der Waals surface area contributed by atoms with Crippen molar-refractivity contribution >= 4 is 0 Å². The van der Waals surface area contributed by atoms with Gasteiger partial charge in [-0.15, -0.1) is 0 Å². The maximum Gasteiger partial charge on any atom is 0.0309 e. The van der Waals surface area contributed by atoms with E-state index >= 15 is 0 Å². The second-order valence-corrected chi connectivity index (χ2v) is 5.75. The van der Waals surface area contributed by atoms with Gasteiger partial charge in [0, 0.05) is 25.2 Å². The summed E-state index contributed by atoms with van der Waals surface area (Å²) in [5.41, 5.74) is 0.503. The number of unbranched alkanes of at least 4 members (excludes halogenated alkanes) is 2. The summed E-state index contributed by atoms with van der Waals surface area (Å²) in [5.74, 6) is 0. The number of hydrogen-bond donors (Lipinski definition) is 1. The molecule has 1 heterocycles. The zero-order valence-electron chi connectivity index (χ0n) is 10.9. The van der Waals surface area contributed by atoms with Gasteiger partial charge in [0.05, 0.1) is 0 Å². The van der Waals surface area contributed by atoms with E-state index in [1.54, 1.807) is 0 Å². The molecular formula is C14H28N2. The van der Waals surface area contributed by atoms with E-state index in [0.29, 0.717) is 5.54 Å². The lowest BCUT2D eigenvalue weighted by Gasteiger charge is -2.46. The topological polar surface area (TPSA) is 15.3 Å². The van der Waals surface area contributed by atoms with E-state index in [1.807, 2.05) is 0 Å². The molecule has 2 aliphatic rings. The molecule has 2 heteroatoms. The van der Waals surface area contributed by atoms with Gasteiger partial charge < -0.3 is 10.2 Å². The first-order valence-corrected chi connectivity index (χ1v) is 7.32. The Morgan fingerprint density at radius 1 is 1.12 bits per heavy atom. The van der Waals surface area contributed by atoms with Gasteiger partial charge in [0.25, 0.3) is 0 Å². The van der Waals surface area contributed by atoms with E-state index in [4.69, 9.17) is 0 Å². The normalized spacial score (nSPS) is 26.1. The molecule has 1 saturated carbocycles. The van der Waals surface area contributed by atoms with Crippen LogP contribution in [0.1, 0.15) is 58.3 Å². The van der Waals surface area contributed by atoms with E-state index in [1.165, 1.54) is 77.5 Å². The van der Waals surface area contributed by atoms with Crippen molar-refractivity contribution in [2.24, 2.45) is 0 Å². The molecule has 1 aliphatic heterocycles. The molecule has 16 heavy (non-hydrogen) atoms. The lowest BCUT2D eigenvalue weighted by molar-refractivity contribution is 0.0982. The molecule has 0 aromatic carbocycles. The third kappa shape index (κ3) is 3.21. The molecule has 0 amide bonds. The highest BCUT2D eigenvalue weighted by molar-refractivity contribution is 4.96. The highest BCUT2D eigenvalue weighted by Gasteiger charge is 2.35. The van der Waals surface area contributed by atoms with Gasteiger partial charge in [-0.25, -0.2) is 0 Å². The Morgan fingerprint density at radius 2 is 1.94 bits per heavy atom. The highest BCUT2D eigenvalue weighted by atomic mass is 15.2. The van der Waals surface area contributed by atoms with Gasteiger partial charge in [0.2, 0.25) is 0 Å². The average molecular weight is 224 g/mol. The van der Waals surface area contributed by atoms with Crippen LogP contribution >= 0.6 is 0 Å². The monoisotopic (exact) mass is 224 g/mol. The number of nitrogens with one attached hydrogen (secondary N) is 1. The van der Waals surface area contributed by atoms with E-state index in [2.05, 4.69) is 17.1 Å². The summed E-state index contributed by atoms with van der Waals surface area (Å²) in [6.45, 7) is 7.42. The molecule has 0 bridgehead atoms. The van der Waals surface area contributed by atoms with Crippen LogP contribution in [0.25, 0.3) is 0 Å². The van der Waals surface area contributed by atoms with Crippen molar-refractivity contribution in [2.75, 3.05) is 26.2 Å². The van der Waals surface area contributed by atoms with Crippen LogP contribution in [0.5, 0.6) is 0 Å². The second kappa shape index (κ2) is 6.02. The molecule has 2 rings (SSSR count). The Bertz CT molecular complexity index is 191. The van der Waals surface area contributed by atoms with Gasteiger partial charge in [0.15, 0.2) is 0 Å². The van der Waals surface area contributed by atoms with Crippen molar-refractivity contribution in [2.45, 2.75) is 63.8 Å². The molecule has 1 saturated heterocycles. The van der Waals surface area contributed by atoms with Gasteiger partial charge in [-0.3, -0.25) is 0 Å². The molecule has 0 unspecified atom stereocenters. The van der Waals surface area contributed by atoms with E-state index < -0.39 is 0 Å². The molecule has 0 radical (unpaired) electrons. The maximum atomic E-state index is 3.81. The van der Waals surface area contributed by atoms with Crippen molar-refractivity contribution in [3.05, 3.63) is 0 Å². The summed E-state index contributed by atoms with van der Waals surface area (Å²) in [5, 5.41) is 3.81. The van der Waals surface area contributed by atoms with Crippen LogP contribution in [0.3, 0.4) is 0 Å². The third-order valence-electron chi connectivity index (χ3n) is 4.34. The van der Waals surface area contributed by atoms with E-state index in [9.17, 15) is 0 Å². The summed E-state index contributed by atoms with van der Waals surface area (Å²) < 4.78 is 0. The molecule has 0 aromatic heterocycles. The predicted octanol–water partition coefficient (Wildman–Crippen LogP) is 2.78. The summed E-state index contributed by atoms with van der Waals surface area (Å²) in [7, 11) is 0. The molecule has 0 aromatic rings. The van der Waals surface area contributed by atoms with Crippen LogP contribution in [0.4, 0.5) is 0 Å². The first kappa shape index (κ1) is 12.4. The maximum absolute atomic E-state index is 3.81. The summed E-state index contributed by atoms with van der Waals surface area (Å²) in [4.78, 5) is 2.71. The van der Waals surface area contributed by atoms with Gasteiger partial charge >= 0.3 is 0 Å². The summed E-state index contributed by atoms with van der Waals surface area (Å²) in [6.07, 6.45) is 11.3. The first-order chi connectivity index (χ1) is 7.85. The van der Waals surface area contributed by atoms with Crippen molar-refractivity contribution < 1.29 is 0 Å². The fraction of sp³-hybridized carbons (Fsp3) is 1.00. The largest absolute Gasteiger partial charge is 0.309 e. The molecule has 94 valence electrons.